The Hall–Kier alpha value is -3.71. The second-order valence-electron chi connectivity index (χ2n) is 5.98. The Bertz CT molecular complexity index is 1210. The normalized spacial score (nSPS) is 15.2. The second-order valence-corrected chi connectivity index (χ2v) is 7.65. The van der Waals surface area contributed by atoms with Crippen molar-refractivity contribution in [3.63, 3.8) is 0 Å². The van der Waals surface area contributed by atoms with Gasteiger partial charge in [0.25, 0.3) is 5.69 Å². The molecule has 2 aromatic rings. The van der Waals surface area contributed by atoms with Crippen LogP contribution in [-0.2, 0) is 9.59 Å². The van der Waals surface area contributed by atoms with Crippen molar-refractivity contribution in [1.29, 1.82) is 0 Å². The third-order valence-corrected chi connectivity index (χ3v) is 5.39. The van der Waals surface area contributed by atoms with Crippen molar-refractivity contribution in [1.82, 2.24) is 4.57 Å². The number of carboxylic acid groups (broad SMARTS) is 2. The second kappa shape index (κ2) is 8.34. The summed E-state index contributed by atoms with van der Waals surface area (Å²) in [5.74, 6) is -3.33. The van der Waals surface area contributed by atoms with Gasteiger partial charge in [0.05, 0.1) is 22.4 Å². The first-order valence-electron chi connectivity index (χ1n) is 8.16. The van der Waals surface area contributed by atoms with Crippen LogP contribution < -0.4 is 0 Å². The fourth-order valence-electron chi connectivity index (χ4n) is 2.72. The minimum Gasteiger partial charge on any atom is -0.493 e. The van der Waals surface area contributed by atoms with Gasteiger partial charge in [0.15, 0.2) is 3.95 Å². The molecule has 13 heteroatoms. The van der Waals surface area contributed by atoms with Crippen molar-refractivity contribution < 1.29 is 29.8 Å². The maximum atomic E-state index is 11.5. The van der Waals surface area contributed by atoms with E-state index in [1.807, 2.05) is 0 Å². The molecule has 0 spiro atoms. The average molecular weight is 448 g/mol. The fraction of sp³-hybridized carbons (Fsp3) is 0.118. The molecule has 1 atom stereocenters. The number of benzene rings is 1. The van der Waals surface area contributed by atoms with Gasteiger partial charge < -0.3 is 15.3 Å². The van der Waals surface area contributed by atoms with Crippen molar-refractivity contribution in [3.8, 4) is 5.88 Å². The number of allylic oxidation sites excluding steroid dienone is 1. The van der Waals surface area contributed by atoms with E-state index in [4.69, 9.17) is 17.3 Å². The molecule has 0 radical (unpaired) electrons. The third kappa shape index (κ3) is 4.16. The summed E-state index contributed by atoms with van der Waals surface area (Å²) in [7, 11) is 0. The van der Waals surface area contributed by atoms with Gasteiger partial charge in [-0.1, -0.05) is 12.1 Å². The number of hydrogen-bond acceptors (Lipinski definition) is 9. The first-order chi connectivity index (χ1) is 14.2. The molecule has 3 N–H and O–H groups in total. The largest absolute Gasteiger partial charge is 0.493 e. The van der Waals surface area contributed by atoms with Crippen LogP contribution in [0.2, 0.25) is 0 Å². The molecule has 1 aromatic heterocycles. The van der Waals surface area contributed by atoms with Gasteiger partial charge >= 0.3 is 11.9 Å². The molecule has 1 aliphatic rings. The zero-order valence-electron chi connectivity index (χ0n) is 14.8. The number of non-ortho nitro benzene ring substituents is 1. The van der Waals surface area contributed by atoms with Gasteiger partial charge in [0, 0.05) is 23.3 Å². The molecule has 1 aromatic carbocycles. The standard InChI is InChI=1S/C17H12N4O7S2/c22-13(23)6-11(16(25)26)20-15(24)12(30-17(20)29)5-9-7-18-19-14(9)8-2-1-3-10(4-8)21(27)28/h1-5,7,11,24H,6H2,(H,22,23)(H,25,26). The highest BCUT2D eigenvalue weighted by molar-refractivity contribution is 7.73. The number of thiazole rings is 1. The van der Waals surface area contributed by atoms with Crippen LogP contribution in [0.1, 0.15) is 22.9 Å². The highest BCUT2D eigenvalue weighted by Crippen LogP contribution is 2.33. The van der Waals surface area contributed by atoms with Crippen LogP contribution in [0, 0.1) is 14.1 Å². The lowest BCUT2D eigenvalue weighted by Gasteiger charge is -2.12. The molecule has 0 aliphatic carbocycles. The molecule has 0 bridgehead atoms. The Morgan fingerprint density at radius 1 is 1.37 bits per heavy atom. The number of aliphatic carboxylic acids is 2. The zero-order valence-corrected chi connectivity index (χ0v) is 16.5. The number of hydrogen-bond donors (Lipinski definition) is 3. The van der Waals surface area contributed by atoms with Gasteiger partial charge in [0.2, 0.25) is 5.88 Å². The van der Waals surface area contributed by atoms with Crippen LogP contribution in [0.5, 0.6) is 5.88 Å². The molecule has 154 valence electrons. The number of nitro groups is 1. The number of rotatable bonds is 7. The van der Waals surface area contributed by atoms with E-state index in [2.05, 4.69) is 10.2 Å². The molecule has 11 nitrogen and oxygen atoms in total. The molecule has 0 amide bonds. The van der Waals surface area contributed by atoms with Crippen LogP contribution in [-0.4, -0.2) is 48.7 Å². The molecule has 0 saturated heterocycles. The van der Waals surface area contributed by atoms with Crippen LogP contribution in [0.25, 0.3) is 6.08 Å². The fourth-order valence-corrected chi connectivity index (χ4v) is 4.08. The average Bonchev–Trinajstić information content (AvgIpc) is 3.24. The summed E-state index contributed by atoms with van der Waals surface area (Å²) in [4.78, 5) is 33.1. The van der Waals surface area contributed by atoms with Crippen LogP contribution >= 0.6 is 23.6 Å². The van der Waals surface area contributed by atoms with Gasteiger partial charge in [-0.3, -0.25) is 19.5 Å². The third-order valence-electron chi connectivity index (χ3n) is 4.05. The van der Waals surface area contributed by atoms with Crippen molar-refractivity contribution in [3.05, 3.63) is 54.3 Å². The number of aromatic hydroxyl groups is 1. The highest BCUT2D eigenvalue weighted by Gasteiger charge is 2.28. The molecule has 2 heterocycles. The Kier molecular flexibility index (Phi) is 5.84. The Labute approximate surface area is 176 Å². The van der Waals surface area contributed by atoms with Crippen molar-refractivity contribution in [2.75, 3.05) is 0 Å². The lowest BCUT2D eigenvalue weighted by molar-refractivity contribution is -0.384. The summed E-state index contributed by atoms with van der Waals surface area (Å²) in [5, 5.41) is 47.6. The van der Waals surface area contributed by atoms with Gasteiger partial charge in [-0.25, -0.2) is 4.79 Å². The van der Waals surface area contributed by atoms with Gasteiger partial charge in [-0.15, -0.1) is 16.4 Å². The molecule has 30 heavy (non-hydrogen) atoms. The first kappa shape index (κ1) is 21.0. The lowest BCUT2D eigenvalue weighted by atomic mass is 10.0. The number of carbonyl (C=O) groups is 2. The molecular formula is C17H12N4O7S2. The summed E-state index contributed by atoms with van der Waals surface area (Å²) in [6, 6.07) is 4.17. The van der Waals surface area contributed by atoms with Crippen LogP contribution in [0.4, 0.5) is 5.69 Å². The van der Waals surface area contributed by atoms with E-state index in [0.717, 1.165) is 15.9 Å². The molecule has 0 saturated carbocycles. The van der Waals surface area contributed by atoms with Crippen molar-refractivity contribution in [2.45, 2.75) is 12.5 Å². The van der Waals surface area contributed by atoms with Gasteiger partial charge in [-0.2, -0.15) is 5.10 Å². The Morgan fingerprint density at radius 3 is 2.73 bits per heavy atom. The topological polar surface area (TPSA) is 168 Å². The maximum absolute atomic E-state index is 11.5. The number of aromatic nitrogens is 1. The molecule has 1 unspecified atom stereocenters. The smallest absolute Gasteiger partial charge is 0.327 e. The lowest BCUT2D eigenvalue weighted by Crippen LogP contribution is -2.22. The summed E-state index contributed by atoms with van der Waals surface area (Å²) in [6.07, 6.45) is 2.04. The van der Waals surface area contributed by atoms with E-state index >= 15 is 0 Å². The Morgan fingerprint density at radius 2 is 2.10 bits per heavy atom. The van der Waals surface area contributed by atoms with E-state index in [-0.39, 0.29) is 14.5 Å². The molecule has 3 rings (SSSR count). The minimum atomic E-state index is -1.58. The Balaban J connectivity index is 2.02. The van der Waals surface area contributed by atoms with E-state index in [1.54, 1.807) is 6.07 Å². The minimum absolute atomic E-state index is 0.0308. The number of nitro benzene ring substituents is 1. The first-order valence-corrected chi connectivity index (χ1v) is 9.38. The zero-order chi connectivity index (χ0) is 22.0. The van der Waals surface area contributed by atoms with E-state index in [9.17, 15) is 29.9 Å². The molecule has 0 fully saturated rings. The van der Waals surface area contributed by atoms with E-state index < -0.39 is 35.2 Å². The van der Waals surface area contributed by atoms with E-state index in [0.29, 0.717) is 16.8 Å². The highest BCUT2D eigenvalue weighted by atomic mass is 32.1. The number of nitrogens with zero attached hydrogens (tertiary/aromatic N) is 4. The summed E-state index contributed by atoms with van der Waals surface area (Å²) < 4.78 is 0.829. The summed E-state index contributed by atoms with van der Waals surface area (Å²) in [5.41, 5.74) is 0.998. The predicted octanol–water partition coefficient (Wildman–Crippen LogP) is 2.87. The van der Waals surface area contributed by atoms with Crippen molar-refractivity contribution >= 4 is 59.2 Å². The summed E-state index contributed by atoms with van der Waals surface area (Å²) >= 11 is 5.99. The maximum Gasteiger partial charge on any atom is 0.327 e. The summed E-state index contributed by atoms with van der Waals surface area (Å²) in [6.45, 7) is 0. The monoisotopic (exact) mass is 448 g/mol. The van der Waals surface area contributed by atoms with Gasteiger partial charge in [-0.05, 0) is 18.3 Å². The van der Waals surface area contributed by atoms with E-state index in [1.165, 1.54) is 30.5 Å². The quantitative estimate of drug-likeness (QED) is 0.330. The van der Waals surface area contributed by atoms with Crippen LogP contribution in [0.15, 0.2) is 40.0 Å². The van der Waals surface area contributed by atoms with Crippen molar-refractivity contribution in [2.24, 2.45) is 10.2 Å². The van der Waals surface area contributed by atoms with Crippen LogP contribution in [0.3, 0.4) is 0 Å². The number of carboxylic acids is 2. The molecule has 1 aliphatic heterocycles. The van der Waals surface area contributed by atoms with Gasteiger partial charge in [0.1, 0.15) is 11.8 Å². The SMILES string of the molecule is O=C(O)CC(C(=O)O)n1c(O)c(C=C2C=NN=C2c2cccc([N+](=O)[O-])c2)sc1=S. The predicted molar refractivity (Wildman–Crippen MR) is 110 cm³/mol. The molecular weight excluding hydrogens is 436 g/mol.